The molecule has 1 aromatic carbocycles. The number of nitrogens with one attached hydrogen (secondary N) is 1. The standard InChI is InChI=1S/C13H8N2O2S/c16-5-8-1-2-10-11(4-9-6-18-7-14-9)13(17)15-12(10)3-8/h1-7H,(H,15,17). The third kappa shape index (κ3) is 1.74. The van der Waals surface area contributed by atoms with Gasteiger partial charge >= 0.3 is 0 Å². The fourth-order valence-corrected chi connectivity index (χ4v) is 2.38. The largest absolute Gasteiger partial charge is 0.321 e. The number of rotatable bonds is 2. The first-order valence-electron chi connectivity index (χ1n) is 5.29. The molecule has 2 aromatic rings. The lowest BCUT2D eigenvalue weighted by molar-refractivity contribution is -0.110. The van der Waals surface area contributed by atoms with Crippen molar-refractivity contribution in [1.29, 1.82) is 0 Å². The predicted octanol–water partition coefficient (Wildman–Crippen LogP) is 2.45. The molecule has 0 atom stereocenters. The van der Waals surface area contributed by atoms with Crippen LogP contribution in [0.5, 0.6) is 0 Å². The van der Waals surface area contributed by atoms with Crippen molar-refractivity contribution in [3.05, 3.63) is 45.9 Å². The molecular formula is C13H8N2O2S. The number of anilines is 1. The number of aromatic nitrogens is 1. The summed E-state index contributed by atoms with van der Waals surface area (Å²) in [5.74, 6) is -0.166. The Balaban J connectivity index is 2.10. The van der Waals surface area contributed by atoms with Crippen LogP contribution in [0.1, 0.15) is 21.6 Å². The predicted molar refractivity (Wildman–Crippen MR) is 70.4 cm³/mol. The maximum atomic E-state index is 11.9. The molecule has 1 aliphatic rings. The number of hydrogen-bond acceptors (Lipinski definition) is 4. The van der Waals surface area contributed by atoms with Gasteiger partial charge in [-0.1, -0.05) is 12.1 Å². The van der Waals surface area contributed by atoms with Crippen molar-refractivity contribution in [2.45, 2.75) is 0 Å². The lowest BCUT2D eigenvalue weighted by Crippen LogP contribution is -2.03. The van der Waals surface area contributed by atoms with Crippen molar-refractivity contribution in [2.75, 3.05) is 5.32 Å². The maximum Gasteiger partial charge on any atom is 0.256 e. The highest BCUT2D eigenvalue weighted by molar-refractivity contribution is 7.07. The van der Waals surface area contributed by atoms with Gasteiger partial charge in [0.1, 0.15) is 6.29 Å². The Labute approximate surface area is 107 Å². The van der Waals surface area contributed by atoms with E-state index in [0.29, 0.717) is 16.8 Å². The number of carbonyl (C=O) groups excluding carboxylic acids is 2. The van der Waals surface area contributed by atoms with Crippen LogP contribution in [0.25, 0.3) is 11.6 Å². The second-order valence-corrected chi connectivity index (χ2v) is 4.57. The summed E-state index contributed by atoms with van der Waals surface area (Å²) in [6.07, 6.45) is 2.51. The van der Waals surface area contributed by atoms with Gasteiger partial charge in [0.2, 0.25) is 0 Å². The number of amides is 1. The molecule has 4 nitrogen and oxygen atoms in total. The minimum Gasteiger partial charge on any atom is -0.321 e. The van der Waals surface area contributed by atoms with E-state index in [4.69, 9.17) is 0 Å². The molecule has 0 radical (unpaired) electrons. The summed E-state index contributed by atoms with van der Waals surface area (Å²) in [5.41, 5.74) is 5.08. The number of hydrogen-bond donors (Lipinski definition) is 1. The summed E-state index contributed by atoms with van der Waals surface area (Å²) in [6, 6.07) is 5.14. The molecule has 0 saturated heterocycles. The monoisotopic (exact) mass is 256 g/mol. The van der Waals surface area contributed by atoms with E-state index in [9.17, 15) is 9.59 Å². The molecule has 0 saturated carbocycles. The Bertz CT molecular complexity index is 660. The van der Waals surface area contributed by atoms with Crippen LogP contribution in [0.2, 0.25) is 0 Å². The zero-order valence-corrected chi connectivity index (χ0v) is 10.0. The van der Waals surface area contributed by atoms with Gasteiger partial charge < -0.3 is 5.32 Å². The fraction of sp³-hybridized carbons (Fsp3) is 0. The van der Waals surface area contributed by atoms with Crippen LogP contribution >= 0.6 is 11.3 Å². The Morgan fingerprint density at radius 3 is 2.94 bits per heavy atom. The fourth-order valence-electron chi connectivity index (χ4n) is 1.87. The lowest BCUT2D eigenvalue weighted by Gasteiger charge is -1.98. The number of nitrogens with zero attached hydrogens (tertiary/aromatic N) is 1. The molecule has 1 aliphatic heterocycles. The molecule has 2 heterocycles. The number of thiazole rings is 1. The molecule has 1 N–H and O–H groups in total. The van der Waals surface area contributed by atoms with Crippen LogP contribution in [-0.2, 0) is 4.79 Å². The van der Waals surface area contributed by atoms with Gasteiger partial charge in [0.05, 0.1) is 16.8 Å². The summed E-state index contributed by atoms with van der Waals surface area (Å²) < 4.78 is 0. The Morgan fingerprint density at radius 1 is 1.33 bits per heavy atom. The van der Waals surface area contributed by atoms with Crippen molar-refractivity contribution in [3.63, 3.8) is 0 Å². The van der Waals surface area contributed by atoms with E-state index >= 15 is 0 Å². The molecule has 3 rings (SSSR count). The van der Waals surface area contributed by atoms with Crippen LogP contribution in [0.3, 0.4) is 0 Å². The van der Waals surface area contributed by atoms with Crippen LogP contribution in [-0.4, -0.2) is 17.2 Å². The Morgan fingerprint density at radius 2 is 2.22 bits per heavy atom. The number of benzene rings is 1. The third-order valence-electron chi connectivity index (χ3n) is 2.71. The van der Waals surface area contributed by atoms with E-state index in [-0.39, 0.29) is 5.91 Å². The van der Waals surface area contributed by atoms with Gasteiger partial charge in [-0.2, -0.15) is 0 Å². The summed E-state index contributed by atoms with van der Waals surface area (Å²) >= 11 is 1.48. The van der Waals surface area contributed by atoms with Gasteiger partial charge in [-0.25, -0.2) is 4.98 Å². The molecule has 0 spiro atoms. The summed E-state index contributed by atoms with van der Waals surface area (Å²) in [6.45, 7) is 0. The van der Waals surface area contributed by atoms with Crippen LogP contribution in [0.4, 0.5) is 5.69 Å². The zero-order chi connectivity index (χ0) is 12.5. The highest BCUT2D eigenvalue weighted by Gasteiger charge is 2.24. The highest BCUT2D eigenvalue weighted by Crippen LogP contribution is 2.33. The molecule has 1 amide bonds. The van der Waals surface area contributed by atoms with Gasteiger partial charge in [0.15, 0.2) is 0 Å². The van der Waals surface area contributed by atoms with E-state index < -0.39 is 0 Å². The first-order chi connectivity index (χ1) is 8.78. The van der Waals surface area contributed by atoms with Crippen molar-refractivity contribution < 1.29 is 9.59 Å². The lowest BCUT2D eigenvalue weighted by atomic mass is 10.0. The molecule has 5 heteroatoms. The molecule has 0 fully saturated rings. The quantitative estimate of drug-likeness (QED) is 0.663. The van der Waals surface area contributed by atoms with Crippen LogP contribution in [0, 0.1) is 0 Å². The van der Waals surface area contributed by atoms with Crippen LogP contribution < -0.4 is 5.32 Å². The summed E-state index contributed by atoms with van der Waals surface area (Å²) in [4.78, 5) is 26.7. The minimum absolute atomic E-state index is 0.166. The second kappa shape index (κ2) is 4.19. The zero-order valence-electron chi connectivity index (χ0n) is 9.21. The smallest absolute Gasteiger partial charge is 0.256 e. The molecule has 1 aromatic heterocycles. The molecule has 88 valence electrons. The Hall–Kier alpha value is -2.27. The average Bonchev–Trinajstić information content (AvgIpc) is 2.98. The first-order valence-corrected chi connectivity index (χ1v) is 6.23. The molecule has 0 bridgehead atoms. The normalized spacial score (nSPS) is 15.6. The molecule has 0 unspecified atom stereocenters. The van der Waals surface area contributed by atoms with E-state index in [0.717, 1.165) is 17.5 Å². The summed E-state index contributed by atoms with van der Waals surface area (Å²) in [5, 5.41) is 4.62. The average molecular weight is 256 g/mol. The van der Waals surface area contributed by atoms with Crippen molar-refractivity contribution in [1.82, 2.24) is 4.98 Å². The van der Waals surface area contributed by atoms with Crippen molar-refractivity contribution in [2.24, 2.45) is 0 Å². The molecule has 0 aliphatic carbocycles. The third-order valence-corrected chi connectivity index (χ3v) is 3.31. The number of fused-ring (bicyclic) bond motifs is 1. The van der Waals surface area contributed by atoms with E-state index in [1.165, 1.54) is 11.3 Å². The maximum absolute atomic E-state index is 11.9. The van der Waals surface area contributed by atoms with Gasteiger partial charge in [0.25, 0.3) is 5.91 Å². The van der Waals surface area contributed by atoms with Crippen LogP contribution in [0.15, 0.2) is 29.1 Å². The van der Waals surface area contributed by atoms with Gasteiger partial charge in [0, 0.05) is 22.2 Å². The van der Waals surface area contributed by atoms with Gasteiger partial charge in [-0.05, 0) is 12.1 Å². The van der Waals surface area contributed by atoms with Gasteiger partial charge in [-0.15, -0.1) is 11.3 Å². The highest BCUT2D eigenvalue weighted by atomic mass is 32.1. The van der Waals surface area contributed by atoms with Crippen molar-refractivity contribution in [3.8, 4) is 0 Å². The summed E-state index contributed by atoms with van der Waals surface area (Å²) in [7, 11) is 0. The van der Waals surface area contributed by atoms with Gasteiger partial charge in [-0.3, -0.25) is 9.59 Å². The Kier molecular flexibility index (Phi) is 2.53. The topological polar surface area (TPSA) is 59.1 Å². The number of aldehydes is 1. The van der Waals surface area contributed by atoms with E-state index in [1.54, 1.807) is 29.8 Å². The minimum atomic E-state index is -0.166. The molecule has 18 heavy (non-hydrogen) atoms. The van der Waals surface area contributed by atoms with E-state index in [1.807, 2.05) is 5.38 Å². The number of carbonyl (C=O) groups is 2. The molecular weight excluding hydrogens is 248 g/mol. The van der Waals surface area contributed by atoms with E-state index in [2.05, 4.69) is 10.3 Å². The second-order valence-electron chi connectivity index (χ2n) is 3.85. The first kappa shape index (κ1) is 10.9. The SMILES string of the molecule is O=Cc1ccc2c(c1)NC(=O)C2=Cc1cscn1. The van der Waals surface area contributed by atoms with Crippen molar-refractivity contribution >= 4 is 40.9 Å².